The van der Waals surface area contributed by atoms with E-state index in [1.54, 1.807) is 13.0 Å². The van der Waals surface area contributed by atoms with Crippen molar-refractivity contribution >= 4 is 16.8 Å². The van der Waals surface area contributed by atoms with Gasteiger partial charge in [-0.25, -0.2) is 4.98 Å². The number of pyridine rings is 1. The van der Waals surface area contributed by atoms with Crippen LogP contribution in [0.5, 0.6) is 0 Å². The molecule has 1 amide bonds. The highest BCUT2D eigenvalue weighted by molar-refractivity contribution is 5.96. The van der Waals surface area contributed by atoms with Crippen molar-refractivity contribution < 1.29 is 27.4 Å². The molecule has 158 valence electrons. The first-order chi connectivity index (χ1) is 13.7. The monoisotopic (exact) mass is 410 g/mol. The average molecular weight is 410 g/mol. The molecule has 0 bridgehead atoms. The first-order valence-corrected chi connectivity index (χ1v) is 9.74. The summed E-state index contributed by atoms with van der Waals surface area (Å²) < 4.78 is 52.0. The molecule has 0 saturated carbocycles. The number of amides is 1. The van der Waals surface area contributed by atoms with Crippen LogP contribution in [-0.4, -0.2) is 36.9 Å². The van der Waals surface area contributed by atoms with Gasteiger partial charge in [0.15, 0.2) is 6.29 Å². The molecule has 5 nitrogen and oxygen atoms in total. The number of carbonyl (C=O) groups is 1. The number of aromatic nitrogens is 1. The third-order valence-electron chi connectivity index (χ3n) is 5.19. The van der Waals surface area contributed by atoms with Crippen LogP contribution in [-0.2, 0) is 15.7 Å². The lowest BCUT2D eigenvalue weighted by atomic mass is 9.92. The van der Waals surface area contributed by atoms with Crippen LogP contribution in [0.2, 0.25) is 0 Å². The number of rotatable bonds is 5. The fourth-order valence-corrected chi connectivity index (χ4v) is 3.29. The minimum atomic E-state index is -4.57. The van der Waals surface area contributed by atoms with E-state index in [-0.39, 0.29) is 23.7 Å². The largest absolute Gasteiger partial charge is 0.418 e. The fraction of sp³-hybridized carbons (Fsp3) is 0.524. The van der Waals surface area contributed by atoms with E-state index in [2.05, 4.69) is 10.3 Å². The Hall–Kier alpha value is -2.19. The standard InChI is InChI=1S/C21H25F3N2O3/c1-4-12(2)14-9-15-13(3)8-17(26-19(15)16(10-14)21(22,23)24)20(27)25-11-18-28-6-5-7-29-18/h8-10,12,18H,4-7,11H2,1-3H3,(H,25,27). The zero-order chi connectivity index (χ0) is 21.2. The Morgan fingerprint density at radius 1 is 1.28 bits per heavy atom. The second kappa shape index (κ2) is 8.67. The maximum Gasteiger partial charge on any atom is 0.418 e. The lowest BCUT2D eigenvalue weighted by Crippen LogP contribution is -2.38. The molecule has 1 aliphatic heterocycles. The van der Waals surface area contributed by atoms with Crippen LogP contribution in [0.4, 0.5) is 13.2 Å². The van der Waals surface area contributed by atoms with Gasteiger partial charge < -0.3 is 14.8 Å². The van der Waals surface area contributed by atoms with Gasteiger partial charge in [0.1, 0.15) is 5.69 Å². The Morgan fingerprint density at radius 2 is 1.97 bits per heavy atom. The Labute approximate surface area is 167 Å². The molecule has 2 aromatic rings. The second-order valence-electron chi connectivity index (χ2n) is 7.33. The Morgan fingerprint density at radius 3 is 2.59 bits per heavy atom. The number of ether oxygens (including phenoxy) is 2. The van der Waals surface area contributed by atoms with Crippen LogP contribution < -0.4 is 5.32 Å². The van der Waals surface area contributed by atoms with Gasteiger partial charge in [0.05, 0.1) is 30.8 Å². The van der Waals surface area contributed by atoms with Crippen molar-refractivity contribution in [2.75, 3.05) is 19.8 Å². The van der Waals surface area contributed by atoms with Crippen LogP contribution in [0, 0.1) is 6.92 Å². The molecule has 0 radical (unpaired) electrons. The third-order valence-corrected chi connectivity index (χ3v) is 5.19. The molecule has 0 aliphatic carbocycles. The fourth-order valence-electron chi connectivity index (χ4n) is 3.29. The summed E-state index contributed by atoms with van der Waals surface area (Å²) >= 11 is 0. The lowest BCUT2D eigenvalue weighted by molar-refractivity contribution is -0.174. The number of nitrogens with one attached hydrogen (secondary N) is 1. The molecule has 1 aromatic heterocycles. The van der Waals surface area contributed by atoms with Crippen molar-refractivity contribution in [2.45, 2.75) is 52.0 Å². The molecular formula is C21H25F3N2O3. The number of carbonyl (C=O) groups excluding carboxylic acids is 1. The molecule has 1 unspecified atom stereocenters. The summed E-state index contributed by atoms with van der Waals surface area (Å²) in [6.45, 7) is 6.70. The maximum atomic E-state index is 13.7. The number of nitrogens with zero attached hydrogens (tertiary/aromatic N) is 1. The molecular weight excluding hydrogens is 385 g/mol. The SMILES string of the molecule is CCC(C)c1cc(C(F)(F)F)c2nc(C(=O)NCC3OCCCO3)cc(C)c2c1. The highest BCUT2D eigenvalue weighted by Gasteiger charge is 2.35. The third kappa shape index (κ3) is 4.87. The van der Waals surface area contributed by atoms with Gasteiger partial charge in [-0.2, -0.15) is 13.2 Å². The predicted octanol–water partition coefficient (Wildman–Crippen LogP) is 4.57. The summed E-state index contributed by atoms with van der Waals surface area (Å²) in [7, 11) is 0. The molecule has 8 heteroatoms. The zero-order valence-corrected chi connectivity index (χ0v) is 16.7. The highest BCUT2D eigenvalue weighted by atomic mass is 19.4. The predicted molar refractivity (Wildman–Crippen MR) is 103 cm³/mol. The van der Waals surface area contributed by atoms with Crippen molar-refractivity contribution in [3.05, 3.63) is 40.6 Å². The van der Waals surface area contributed by atoms with Crippen LogP contribution >= 0.6 is 0 Å². The van der Waals surface area contributed by atoms with Crippen molar-refractivity contribution in [3.63, 3.8) is 0 Å². The van der Waals surface area contributed by atoms with E-state index in [4.69, 9.17) is 9.47 Å². The molecule has 29 heavy (non-hydrogen) atoms. The number of alkyl halides is 3. The van der Waals surface area contributed by atoms with Crippen molar-refractivity contribution in [3.8, 4) is 0 Å². The van der Waals surface area contributed by atoms with E-state index in [9.17, 15) is 18.0 Å². The lowest BCUT2D eigenvalue weighted by Gasteiger charge is -2.23. The van der Waals surface area contributed by atoms with E-state index in [0.29, 0.717) is 29.7 Å². The molecule has 1 fully saturated rings. The number of fused-ring (bicyclic) bond motifs is 1. The van der Waals surface area contributed by atoms with Crippen LogP contribution in [0.1, 0.15) is 59.8 Å². The van der Waals surface area contributed by atoms with Gasteiger partial charge in [-0.1, -0.05) is 13.8 Å². The summed E-state index contributed by atoms with van der Waals surface area (Å²) in [6.07, 6.45) is -3.62. The Balaban J connectivity index is 1.97. The second-order valence-corrected chi connectivity index (χ2v) is 7.33. The van der Waals surface area contributed by atoms with Crippen LogP contribution in [0.15, 0.2) is 18.2 Å². The van der Waals surface area contributed by atoms with E-state index in [0.717, 1.165) is 18.9 Å². The summed E-state index contributed by atoms with van der Waals surface area (Å²) in [5, 5.41) is 3.03. The van der Waals surface area contributed by atoms with Crippen molar-refractivity contribution in [2.24, 2.45) is 0 Å². The maximum absolute atomic E-state index is 13.7. The van der Waals surface area contributed by atoms with Crippen LogP contribution in [0.25, 0.3) is 10.9 Å². The van der Waals surface area contributed by atoms with Gasteiger partial charge in [0.25, 0.3) is 5.91 Å². The number of benzene rings is 1. The molecule has 1 aliphatic rings. The Bertz CT molecular complexity index is 893. The minimum Gasteiger partial charge on any atom is -0.351 e. The topological polar surface area (TPSA) is 60.5 Å². The molecule has 3 rings (SSSR count). The van der Waals surface area contributed by atoms with Gasteiger partial charge in [-0.3, -0.25) is 4.79 Å². The molecule has 2 heterocycles. The molecule has 1 saturated heterocycles. The number of hydrogen-bond acceptors (Lipinski definition) is 4. The van der Waals surface area contributed by atoms with Crippen LogP contribution in [0.3, 0.4) is 0 Å². The number of halogens is 3. The van der Waals surface area contributed by atoms with Gasteiger partial charge in [0.2, 0.25) is 0 Å². The number of hydrogen-bond donors (Lipinski definition) is 1. The first kappa shape index (κ1) is 21.5. The Kier molecular flexibility index (Phi) is 6.43. The average Bonchev–Trinajstić information content (AvgIpc) is 2.70. The summed E-state index contributed by atoms with van der Waals surface area (Å²) in [5.41, 5.74) is 0.0939. The zero-order valence-electron chi connectivity index (χ0n) is 16.7. The van der Waals surface area contributed by atoms with Gasteiger partial charge in [0, 0.05) is 5.39 Å². The van der Waals surface area contributed by atoms with E-state index in [1.807, 2.05) is 13.8 Å². The minimum absolute atomic E-state index is 0.0154. The summed E-state index contributed by atoms with van der Waals surface area (Å²) in [6, 6.07) is 4.40. The quantitative estimate of drug-likeness (QED) is 0.785. The van der Waals surface area contributed by atoms with Gasteiger partial charge in [-0.15, -0.1) is 0 Å². The molecule has 0 spiro atoms. The van der Waals surface area contributed by atoms with Gasteiger partial charge in [-0.05, 0) is 55.0 Å². The molecule has 1 aromatic carbocycles. The van der Waals surface area contributed by atoms with Gasteiger partial charge >= 0.3 is 6.18 Å². The summed E-state index contributed by atoms with van der Waals surface area (Å²) in [5.74, 6) is -0.578. The number of aryl methyl sites for hydroxylation is 1. The first-order valence-electron chi connectivity index (χ1n) is 9.74. The van der Waals surface area contributed by atoms with Crippen molar-refractivity contribution in [1.82, 2.24) is 10.3 Å². The highest BCUT2D eigenvalue weighted by Crippen LogP contribution is 2.38. The molecule has 1 N–H and O–H groups in total. The normalized spacial score (nSPS) is 16.8. The van der Waals surface area contributed by atoms with E-state index < -0.39 is 23.9 Å². The van der Waals surface area contributed by atoms with E-state index >= 15 is 0 Å². The summed E-state index contributed by atoms with van der Waals surface area (Å²) in [4.78, 5) is 16.6. The van der Waals surface area contributed by atoms with E-state index in [1.165, 1.54) is 6.07 Å². The smallest absolute Gasteiger partial charge is 0.351 e. The van der Waals surface area contributed by atoms with Crippen molar-refractivity contribution in [1.29, 1.82) is 0 Å². The molecule has 1 atom stereocenters.